The molecular formula is C19H20N2O5S2. The molecule has 0 saturated carbocycles. The second-order valence-electron chi connectivity index (χ2n) is 5.82. The zero-order chi connectivity index (χ0) is 20.1. The number of thioether (sulfide) groups is 1. The summed E-state index contributed by atoms with van der Waals surface area (Å²) in [5.41, 5.74) is 0.367. The van der Waals surface area contributed by atoms with E-state index in [1.807, 2.05) is 24.3 Å². The maximum Gasteiger partial charge on any atom is 0.348 e. The molecule has 0 aliphatic carbocycles. The van der Waals surface area contributed by atoms with Gasteiger partial charge in [-0.15, -0.1) is 11.3 Å². The predicted octanol–water partition coefficient (Wildman–Crippen LogP) is 3.40. The van der Waals surface area contributed by atoms with E-state index < -0.39 is 5.97 Å². The Morgan fingerprint density at radius 3 is 2.61 bits per heavy atom. The van der Waals surface area contributed by atoms with Crippen molar-refractivity contribution in [3.05, 3.63) is 50.9 Å². The van der Waals surface area contributed by atoms with Crippen molar-refractivity contribution in [2.75, 3.05) is 26.6 Å². The third-order valence-electron chi connectivity index (χ3n) is 4.01. The monoisotopic (exact) mass is 420 g/mol. The van der Waals surface area contributed by atoms with Gasteiger partial charge in [0.1, 0.15) is 27.0 Å². The number of nitrogens with zero attached hydrogens (tertiary/aromatic N) is 1. The zero-order valence-electron chi connectivity index (χ0n) is 15.7. The van der Waals surface area contributed by atoms with E-state index in [9.17, 15) is 9.59 Å². The van der Waals surface area contributed by atoms with Crippen LogP contribution in [0.2, 0.25) is 0 Å². The lowest BCUT2D eigenvalue weighted by molar-refractivity contribution is 0.0605. The highest BCUT2D eigenvalue weighted by molar-refractivity contribution is 7.98. The van der Waals surface area contributed by atoms with Gasteiger partial charge in [-0.05, 0) is 36.8 Å². The normalized spacial score (nSPS) is 10.8. The lowest BCUT2D eigenvalue weighted by Crippen LogP contribution is -2.11. The highest BCUT2D eigenvalue weighted by atomic mass is 32.2. The van der Waals surface area contributed by atoms with Crippen LogP contribution in [0.4, 0.5) is 0 Å². The number of hydrogen-bond acceptors (Lipinski definition) is 8. The first kappa shape index (κ1) is 20.2. The number of ether oxygens (including phenoxy) is 3. The fourth-order valence-corrected chi connectivity index (χ4v) is 4.40. The Kier molecular flexibility index (Phi) is 6.58. The summed E-state index contributed by atoms with van der Waals surface area (Å²) in [6.07, 6.45) is 0. The van der Waals surface area contributed by atoms with Crippen LogP contribution in [0.5, 0.6) is 11.5 Å². The van der Waals surface area contributed by atoms with Crippen molar-refractivity contribution in [2.24, 2.45) is 0 Å². The molecule has 0 fully saturated rings. The van der Waals surface area contributed by atoms with Crippen molar-refractivity contribution in [1.29, 1.82) is 0 Å². The molecule has 148 valence electrons. The van der Waals surface area contributed by atoms with Gasteiger partial charge in [-0.1, -0.05) is 0 Å². The topological polar surface area (TPSA) is 90.5 Å². The molecule has 0 saturated heterocycles. The molecule has 0 aliphatic heterocycles. The number of thiophene rings is 1. The number of hydrogen-bond donors (Lipinski definition) is 1. The molecule has 0 aliphatic rings. The maximum absolute atomic E-state index is 12.4. The molecule has 7 nitrogen and oxygen atoms in total. The van der Waals surface area contributed by atoms with Gasteiger partial charge in [0.2, 0.25) is 0 Å². The molecule has 1 aromatic carbocycles. The third-order valence-corrected chi connectivity index (χ3v) is 6.11. The van der Waals surface area contributed by atoms with E-state index in [4.69, 9.17) is 14.2 Å². The van der Waals surface area contributed by atoms with E-state index in [1.165, 1.54) is 18.4 Å². The Hall–Kier alpha value is -2.52. The van der Waals surface area contributed by atoms with Crippen molar-refractivity contribution in [1.82, 2.24) is 9.97 Å². The Morgan fingerprint density at radius 2 is 1.93 bits per heavy atom. The van der Waals surface area contributed by atoms with Gasteiger partial charge in [-0.25, -0.2) is 9.78 Å². The molecule has 0 amide bonds. The third kappa shape index (κ3) is 4.48. The van der Waals surface area contributed by atoms with Crippen molar-refractivity contribution in [2.45, 2.75) is 12.7 Å². The number of H-pyrrole nitrogens is 1. The van der Waals surface area contributed by atoms with Gasteiger partial charge in [0.05, 0.1) is 32.0 Å². The van der Waals surface area contributed by atoms with E-state index in [-0.39, 0.29) is 5.56 Å². The molecule has 2 heterocycles. The van der Waals surface area contributed by atoms with Crippen molar-refractivity contribution >= 4 is 39.3 Å². The second kappa shape index (κ2) is 9.11. The molecule has 9 heteroatoms. The number of methoxy groups -OCH3 is 2. The molecule has 2 aromatic heterocycles. The summed E-state index contributed by atoms with van der Waals surface area (Å²) in [5, 5.41) is 0.446. The smallest absolute Gasteiger partial charge is 0.348 e. The number of carbonyl (C=O) groups excluding carboxylic acids is 1. The number of benzene rings is 1. The first-order valence-electron chi connectivity index (χ1n) is 8.48. The molecule has 3 rings (SSSR count). The Bertz CT molecular complexity index is 1030. The van der Waals surface area contributed by atoms with Crippen LogP contribution in [0.25, 0.3) is 10.2 Å². The number of fused-ring (bicyclic) bond motifs is 1. The largest absolute Gasteiger partial charge is 0.497 e. The van der Waals surface area contributed by atoms with Gasteiger partial charge >= 0.3 is 5.97 Å². The van der Waals surface area contributed by atoms with Crippen LogP contribution < -0.4 is 15.0 Å². The highest BCUT2D eigenvalue weighted by Crippen LogP contribution is 2.28. The van der Waals surface area contributed by atoms with Gasteiger partial charge in [-0.2, -0.15) is 11.8 Å². The first-order chi connectivity index (χ1) is 13.5. The van der Waals surface area contributed by atoms with Gasteiger partial charge in [0, 0.05) is 5.75 Å². The molecule has 1 N–H and O–H groups in total. The van der Waals surface area contributed by atoms with Crippen LogP contribution in [-0.2, 0) is 10.5 Å². The van der Waals surface area contributed by atoms with Crippen LogP contribution >= 0.6 is 23.1 Å². The quantitative estimate of drug-likeness (QED) is 0.441. The van der Waals surface area contributed by atoms with E-state index in [1.54, 1.807) is 25.8 Å². The second-order valence-corrected chi connectivity index (χ2v) is 7.92. The zero-order valence-corrected chi connectivity index (χ0v) is 17.4. The van der Waals surface area contributed by atoms with Crippen LogP contribution in [0.3, 0.4) is 0 Å². The van der Waals surface area contributed by atoms with Crippen molar-refractivity contribution in [3.63, 3.8) is 0 Å². The van der Waals surface area contributed by atoms with Gasteiger partial charge in [0.15, 0.2) is 0 Å². The summed E-state index contributed by atoms with van der Waals surface area (Å²) in [4.78, 5) is 32.4. The lowest BCUT2D eigenvalue weighted by atomic mass is 10.2. The van der Waals surface area contributed by atoms with Crippen LogP contribution in [0.15, 0.2) is 29.1 Å². The molecule has 0 unspecified atom stereocenters. The van der Waals surface area contributed by atoms with Crippen molar-refractivity contribution in [3.8, 4) is 11.5 Å². The minimum absolute atomic E-state index is 0.237. The Morgan fingerprint density at radius 1 is 1.21 bits per heavy atom. The van der Waals surface area contributed by atoms with Crippen LogP contribution in [0.1, 0.15) is 21.1 Å². The molecule has 28 heavy (non-hydrogen) atoms. The van der Waals surface area contributed by atoms with Crippen molar-refractivity contribution < 1.29 is 19.0 Å². The Labute approximate surface area is 170 Å². The summed E-state index contributed by atoms with van der Waals surface area (Å²) >= 11 is 2.78. The average Bonchev–Trinajstić information content (AvgIpc) is 3.04. The number of rotatable bonds is 8. The predicted molar refractivity (Wildman–Crippen MR) is 111 cm³/mol. The molecule has 0 atom stereocenters. The maximum atomic E-state index is 12.4. The Balaban J connectivity index is 1.58. The van der Waals surface area contributed by atoms with E-state index in [0.717, 1.165) is 17.3 Å². The average molecular weight is 421 g/mol. The van der Waals surface area contributed by atoms with Gasteiger partial charge in [0.25, 0.3) is 5.56 Å². The molecule has 0 radical (unpaired) electrons. The number of esters is 1. The minimum Gasteiger partial charge on any atom is -0.497 e. The minimum atomic E-state index is -0.452. The molecule has 0 bridgehead atoms. The number of aromatic amines is 1. The summed E-state index contributed by atoms with van der Waals surface area (Å²) < 4.78 is 15.6. The molecular weight excluding hydrogens is 400 g/mol. The lowest BCUT2D eigenvalue weighted by Gasteiger charge is -2.07. The van der Waals surface area contributed by atoms with Crippen LogP contribution in [-0.4, -0.2) is 42.5 Å². The van der Waals surface area contributed by atoms with Gasteiger partial charge < -0.3 is 19.2 Å². The summed E-state index contributed by atoms with van der Waals surface area (Å²) in [6.45, 7) is 2.26. The molecule has 3 aromatic rings. The number of aromatic nitrogens is 2. The number of carbonyl (C=O) groups is 1. The van der Waals surface area contributed by atoms with E-state index >= 15 is 0 Å². The van der Waals surface area contributed by atoms with E-state index in [0.29, 0.717) is 38.8 Å². The summed E-state index contributed by atoms with van der Waals surface area (Å²) in [6, 6.07) is 7.40. The molecule has 0 spiro atoms. The van der Waals surface area contributed by atoms with Crippen LogP contribution in [0, 0.1) is 6.92 Å². The summed E-state index contributed by atoms with van der Waals surface area (Å²) in [7, 11) is 2.94. The number of nitrogens with one attached hydrogen (secondary N) is 1. The SMILES string of the molecule is COC(=O)c1sc2nc(CSCCOc3ccc(OC)cc3)[nH]c(=O)c2c1C. The fourth-order valence-electron chi connectivity index (χ4n) is 2.60. The van der Waals surface area contributed by atoms with E-state index in [2.05, 4.69) is 9.97 Å². The standard InChI is InChI=1S/C19H20N2O5S2/c1-11-15-17(22)20-14(21-18(15)28-16(11)19(23)25-3)10-27-9-8-26-13-6-4-12(24-2)5-7-13/h4-7H,8-10H2,1-3H3,(H,20,21,22). The fraction of sp³-hybridized carbons (Fsp3) is 0.316. The van der Waals surface area contributed by atoms with Gasteiger partial charge in [-0.3, -0.25) is 4.79 Å². The first-order valence-corrected chi connectivity index (χ1v) is 10.5. The highest BCUT2D eigenvalue weighted by Gasteiger charge is 2.19. The summed E-state index contributed by atoms with van der Waals surface area (Å²) in [5.74, 6) is 2.97. The number of aryl methyl sites for hydroxylation is 1.